The van der Waals surface area contributed by atoms with Crippen LogP contribution in [0.25, 0.3) is 0 Å². The van der Waals surface area contributed by atoms with Gasteiger partial charge in [-0.05, 0) is 38.8 Å². The summed E-state index contributed by atoms with van der Waals surface area (Å²) < 4.78 is 0. The first kappa shape index (κ1) is 10.3. The molecule has 0 heterocycles. The lowest BCUT2D eigenvalue weighted by atomic mass is 10.4. The topological polar surface area (TPSA) is 32.3 Å². The molecule has 0 rings (SSSR count). The van der Waals surface area contributed by atoms with Crippen LogP contribution in [-0.4, -0.2) is 30.8 Å². The van der Waals surface area contributed by atoms with Crippen molar-refractivity contribution < 1.29 is 4.89 Å². The maximum absolute atomic E-state index is 8.95. The van der Waals surface area contributed by atoms with Crippen LogP contribution >= 0.6 is 8.15 Å². The largest absolute Gasteiger partial charge is 0.374 e. The van der Waals surface area contributed by atoms with E-state index >= 15 is 0 Å². The summed E-state index contributed by atoms with van der Waals surface area (Å²) in [5.74, 6) is 0. The highest BCUT2D eigenvalue weighted by molar-refractivity contribution is 7.50. The lowest BCUT2D eigenvalue weighted by molar-refractivity contribution is 0.615. The molecule has 0 fully saturated rings. The van der Waals surface area contributed by atoms with Crippen LogP contribution in [0.1, 0.15) is 19.8 Å². The van der Waals surface area contributed by atoms with Crippen molar-refractivity contribution in [2.75, 3.05) is 25.9 Å². The summed E-state index contributed by atoms with van der Waals surface area (Å²) in [6.07, 6.45) is 3.28. The maximum atomic E-state index is 8.95. The maximum Gasteiger partial charge on any atom is 0.0220 e. The fourth-order valence-corrected chi connectivity index (χ4v) is 1.35. The van der Waals surface area contributed by atoms with Crippen molar-refractivity contribution in [3.63, 3.8) is 0 Å². The summed E-state index contributed by atoms with van der Waals surface area (Å²) in [6, 6.07) is 0. The van der Waals surface area contributed by atoms with Crippen molar-refractivity contribution in [3.05, 3.63) is 0 Å². The zero-order valence-corrected chi connectivity index (χ0v) is 7.82. The van der Waals surface area contributed by atoms with Gasteiger partial charge in [-0.2, -0.15) is 0 Å². The Morgan fingerprint density at radius 2 is 2.10 bits per heavy atom. The van der Waals surface area contributed by atoms with Gasteiger partial charge in [0.2, 0.25) is 0 Å². The lowest BCUT2D eigenvalue weighted by Gasteiger charge is -2.03. The Hall–Kier alpha value is 0.350. The van der Waals surface area contributed by atoms with E-state index in [4.69, 9.17) is 4.89 Å². The van der Waals surface area contributed by atoms with E-state index in [1.54, 1.807) is 0 Å². The number of hydrogen-bond donors (Lipinski definition) is 2. The highest BCUT2D eigenvalue weighted by Crippen LogP contribution is 2.23. The summed E-state index contributed by atoms with van der Waals surface area (Å²) in [6.45, 7) is 6.22. The standard InChI is InChI=1S/C7H18NOP/c1-3-5-8-6-4-7-10(2)9/h8-9H,3-7H2,1-2H3. The second kappa shape index (κ2) is 7.46. The molecule has 10 heavy (non-hydrogen) atoms. The van der Waals surface area contributed by atoms with Gasteiger partial charge in [0.05, 0.1) is 0 Å². The Kier molecular flexibility index (Phi) is 7.72. The number of rotatable bonds is 6. The summed E-state index contributed by atoms with van der Waals surface area (Å²) in [7, 11) is -0.661. The number of nitrogens with one attached hydrogen (secondary N) is 1. The van der Waals surface area contributed by atoms with Crippen molar-refractivity contribution in [1.29, 1.82) is 0 Å². The zero-order chi connectivity index (χ0) is 7.82. The molecule has 0 radical (unpaired) electrons. The molecule has 3 heteroatoms. The van der Waals surface area contributed by atoms with E-state index in [1.165, 1.54) is 6.42 Å². The van der Waals surface area contributed by atoms with Crippen molar-refractivity contribution in [3.8, 4) is 0 Å². The van der Waals surface area contributed by atoms with Gasteiger partial charge in [0.25, 0.3) is 0 Å². The lowest BCUT2D eigenvalue weighted by Crippen LogP contribution is -2.16. The normalized spacial score (nSPS) is 13.5. The van der Waals surface area contributed by atoms with Gasteiger partial charge in [0.1, 0.15) is 0 Å². The predicted octanol–water partition coefficient (Wildman–Crippen LogP) is 1.40. The third-order valence-electron chi connectivity index (χ3n) is 1.26. The fraction of sp³-hybridized carbons (Fsp3) is 1.00. The Morgan fingerprint density at radius 3 is 2.60 bits per heavy atom. The molecule has 0 aromatic rings. The zero-order valence-electron chi connectivity index (χ0n) is 6.93. The first-order valence-corrected chi connectivity index (χ1v) is 5.80. The van der Waals surface area contributed by atoms with Crippen LogP contribution in [0.5, 0.6) is 0 Å². The van der Waals surface area contributed by atoms with E-state index in [0.29, 0.717) is 0 Å². The van der Waals surface area contributed by atoms with Crippen LogP contribution in [0.3, 0.4) is 0 Å². The van der Waals surface area contributed by atoms with Gasteiger partial charge in [-0.15, -0.1) is 0 Å². The van der Waals surface area contributed by atoms with Gasteiger partial charge in [-0.3, -0.25) is 0 Å². The Bertz CT molecular complexity index is 68.6. The van der Waals surface area contributed by atoms with E-state index in [1.807, 2.05) is 6.66 Å². The molecule has 2 nitrogen and oxygen atoms in total. The van der Waals surface area contributed by atoms with Crippen molar-refractivity contribution in [1.82, 2.24) is 5.32 Å². The summed E-state index contributed by atoms with van der Waals surface area (Å²) in [5.41, 5.74) is 0. The Labute approximate surface area is 64.9 Å². The van der Waals surface area contributed by atoms with Gasteiger partial charge < -0.3 is 10.2 Å². The van der Waals surface area contributed by atoms with Crippen molar-refractivity contribution in [2.45, 2.75) is 19.8 Å². The molecule has 0 spiro atoms. The molecule has 1 atom stereocenters. The fourth-order valence-electron chi connectivity index (χ4n) is 0.735. The monoisotopic (exact) mass is 163 g/mol. The Morgan fingerprint density at radius 1 is 1.40 bits per heavy atom. The van der Waals surface area contributed by atoms with E-state index in [2.05, 4.69) is 12.2 Å². The first-order valence-electron chi connectivity index (χ1n) is 3.88. The summed E-state index contributed by atoms with van der Waals surface area (Å²) in [4.78, 5) is 8.95. The minimum absolute atomic E-state index is 0.661. The highest BCUT2D eigenvalue weighted by atomic mass is 31.1. The molecule has 0 aromatic carbocycles. The molecule has 0 aliphatic carbocycles. The van der Waals surface area contributed by atoms with Crippen LogP contribution in [-0.2, 0) is 0 Å². The van der Waals surface area contributed by atoms with E-state index in [9.17, 15) is 0 Å². The van der Waals surface area contributed by atoms with E-state index in [-0.39, 0.29) is 0 Å². The molecule has 2 N–H and O–H groups in total. The van der Waals surface area contributed by atoms with Gasteiger partial charge >= 0.3 is 0 Å². The van der Waals surface area contributed by atoms with E-state index < -0.39 is 8.15 Å². The molecule has 0 saturated carbocycles. The first-order chi connectivity index (χ1) is 4.77. The summed E-state index contributed by atoms with van der Waals surface area (Å²) >= 11 is 0. The molecule has 62 valence electrons. The van der Waals surface area contributed by atoms with Gasteiger partial charge in [-0.1, -0.05) is 6.92 Å². The van der Waals surface area contributed by atoms with Gasteiger partial charge in [-0.25, -0.2) is 0 Å². The molecular formula is C7H18NOP. The second-order valence-corrected chi connectivity index (χ2v) is 4.25. The molecule has 0 bridgehead atoms. The van der Waals surface area contributed by atoms with Crippen LogP contribution in [0.4, 0.5) is 0 Å². The molecule has 0 aliphatic heterocycles. The van der Waals surface area contributed by atoms with Crippen molar-refractivity contribution >= 4 is 8.15 Å². The quantitative estimate of drug-likeness (QED) is 0.458. The van der Waals surface area contributed by atoms with Gasteiger partial charge in [0, 0.05) is 8.15 Å². The molecular weight excluding hydrogens is 145 g/mol. The second-order valence-electron chi connectivity index (χ2n) is 2.48. The molecule has 1 unspecified atom stereocenters. The third-order valence-corrected chi connectivity index (χ3v) is 2.23. The predicted molar refractivity (Wildman–Crippen MR) is 47.7 cm³/mol. The average molecular weight is 163 g/mol. The smallest absolute Gasteiger partial charge is 0.0220 e. The van der Waals surface area contributed by atoms with Crippen LogP contribution in [0.2, 0.25) is 0 Å². The number of hydrogen-bond acceptors (Lipinski definition) is 2. The Balaban J connectivity index is 2.77. The molecule has 0 amide bonds. The molecule has 0 saturated heterocycles. The summed E-state index contributed by atoms with van der Waals surface area (Å²) in [5, 5.41) is 3.29. The van der Waals surface area contributed by atoms with Gasteiger partial charge in [0.15, 0.2) is 0 Å². The highest BCUT2D eigenvalue weighted by Gasteiger charge is 1.93. The van der Waals surface area contributed by atoms with E-state index in [0.717, 1.165) is 25.7 Å². The average Bonchev–Trinajstić information content (AvgIpc) is 1.87. The minimum Gasteiger partial charge on any atom is -0.374 e. The van der Waals surface area contributed by atoms with Crippen LogP contribution in [0.15, 0.2) is 0 Å². The minimum atomic E-state index is -0.661. The molecule has 0 aromatic heterocycles. The van der Waals surface area contributed by atoms with Crippen molar-refractivity contribution in [2.24, 2.45) is 0 Å². The van der Waals surface area contributed by atoms with Crippen LogP contribution < -0.4 is 5.32 Å². The third kappa shape index (κ3) is 8.35. The van der Waals surface area contributed by atoms with Crippen LogP contribution in [0, 0.1) is 0 Å². The SMILES string of the molecule is CCCNCCCP(C)O. The molecule has 0 aliphatic rings.